The van der Waals surface area contributed by atoms with E-state index in [-0.39, 0.29) is 12.3 Å². The van der Waals surface area contributed by atoms with Crippen LogP contribution in [-0.4, -0.2) is 37.1 Å². The van der Waals surface area contributed by atoms with Crippen LogP contribution in [-0.2, 0) is 4.79 Å². The number of carbonyl (C=O) groups is 1. The summed E-state index contributed by atoms with van der Waals surface area (Å²) in [7, 11) is 1.14. The number of hydrogen-bond donors (Lipinski definition) is 1. The Morgan fingerprint density at radius 1 is 1.50 bits per heavy atom. The second-order valence-corrected chi connectivity index (χ2v) is 3.41. The van der Waals surface area contributed by atoms with Gasteiger partial charge in [-0.25, -0.2) is 0 Å². The highest BCUT2D eigenvalue weighted by molar-refractivity contribution is 5.76. The van der Waals surface area contributed by atoms with Gasteiger partial charge >= 0.3 is 6.18 Å². The number of rotatable bonds is 4. The first-order valence-electron chi connectivity index (χ1n) is 4.27. The number of nitrogens with zero attached hydrogens (tertiary/aromatic N) is 1. The molecule has 0 saturated carbocycles. The molecular formula is C8H15F3N2O. The number of halogens is 3. The van der Waals surface area contributed by atoms with Crippen molar-refractivity contribution in [3.8, 4) is 0 Å². The Balaban J connectivity index is 4.00. The highest BCUT2D eigenvalue weighted by Crippen LogP contribution is 2.16. The van der Waals surface area contributed by atoms with Gasteiger partial charge in [-0.05, 0) is 12.5 Å². The summed E-state index contributed by atoms with van der Waals surface area (Å²) in [4.78, 5) is 11.8. The molecule has 0 bridgehead atoms. The van der Waals surface area contributed by atoms with Crippen LogP contribution in [0.3, 0.4) is 0 Å². The lowest BCUT2D eigenvalue weighted by Crippen LogP contribution is -2.37. The van der Waals surface area contributed by atoms with Crippen molar-refractivity contribution < 1.29 is 18.0 Å². The summed E-state index contributed by atoms with van der Waals surface area (Å²) in [5, 5.41) is 0. The van der Waals surface area contributed by atoms with Crippen LogP contribution in [0.1, 0.15) is 13.3 Å². The molecule has 84 valence electrons. The van der Waals surface area contributed by atoms with Gasteiger partial charge in [-0.3, -0.25) is 4.79 Å². The number of amides is 1. The first-order chi connectivity index (χ1) is 6.26. The number of carbonyl (C=O) groups excluding carboxylic acids is 1. The van der Waals surface area contributed by atoms with Crippen molar-refractivity contribution in [2.24, 2.45) is 11.7 Å². The fraction of sp³-hybridized carbons (Fsp3) is 0.875. The second-order valence-electron chi connectivity index (χ2n) is 3.41. The first kappa shape index (κ1) is 13.2. The van der Waals surface area contributed by atoms with Crippen molar-refractivity contribution in [2.45, 2.75) is 19.5 Å². The predicted octanol–water partition coefficient (Wildman–Crippen LogP) is 0.992. The highest BCUT2D eigenvalue weighted by Gasteiger charge is 2.31. The van der Waals surface area contributed by atoms with Crippen LogP contribution in [0.25, 0.3) is 0 Å². The molecule has 6 heteroatoms. The maximum Gasteiger partial charge on any atom is 0.406 e. The number of nitrogens with two attached hydrogens (primary N) is 1. The molecule has 0 aromatic rings. The summed E-state index contributed by atoms with van der Waals surface area (Å²) >= 11 is 0. The number of alkyl halides is 3. The predicted molar refractivity (Wildman–Crippen MR) is 46.5 cm³/mol. The fourth-order valence-corrected chi connectivity index (χ4v) is 0.894. The van der Waals surface area contributed by atoms with Crippen LogP contribution in [0.2, 0.25) is 0 Å². The van der Waals surface area contributed by atoms with Crippen molar-refractivity contribution in [2.75, 3.05) is 20.1 Å². The Bertz CT molecular complexity index is 194. The molecule has 1 unspecified atom stereocenters. The first-order valence-corrected chi connectivity index (χ1v) is 4.27. The molecule has 0 aliphatic carbocycles. The van der Waals surface area contributed by atoms with Crippen LogP contribution >= 0.6 is 0 Å². The lowest BCUT2D eigenvalue weighted by Gasteiger charge is -2.20. The van der Waals surface area contributed by atoms with Gasteiger partial charge in [0, 0.05) is 13.5 Å². The third kappa shape index (κ3) is 5.80. The van der Waals surface area contributed by atoms with Gasteiger partial charge < -0.3 is 10.6 Å². The van der Waals surface area contributed by atoms with Crippen molar-refractivity contribution in [3.05, 3.63) is 0 Å². The average Bonchev–Trinajstić information content (AvgIpc) is 2.00. The minimum absolute atomic E-state index is 0.0586. The van der Waals surface area contributed by atoms with E-state index in [1.54, 1.807) is 6.92 Å². The molecule has 0 rings (SSSR count). The molecule has 1 atom stereocenters. The van der Waals surface area contributed by atoms with E-state index in [1.165, 1.54) is 0 Å². The Morgan fingerprint density at radius 2 is 2.00 bits per heavy atom. The molecule has 0 aromatic carbocycles. The van der Waals surface area contributed by atoms with E-state index in [4.69, 9.17) is 5.73 Å². The Hall–Kier alpha value is -0.780. The molecule has 0 aliphatic rings. The van der Waals surface area contributed by atoms with E-state index >= 15 is 0 Å². The minimum Gasteiger partial charge on any atom is -0.337 e. The minimum atomic E-state index is -4.34. The normalized spacial score (nSPS) is 13.9. The van der Waals surface area contributed by atoms with Crippen molar-refractivity contribution >= 4 is 5.91 Å². The van der Waals surface area contributed by atoms with E-state index in [1.807, 2.05) is 0 Å². The van der Waals surface area contributed by atoms with Gasteiger partial charge in [0.05, 0.1) is 0 Å². The van der Waals surface area contributed by atoms with Crippen LogP contribution in [0.5, 0.6) is 0 Å². The van der Waals surface area contributed by atoms with Gasteiger partial charge in [0.2, 0.25) is 5.91 Å². The zero-order valence-corrected chi connectivity index (χ0v) is 8.27. The van der Waals surface area contributed by atoms with Crippen LogP contribution in [0, 0.1) is 5.92 Å². The maximum atomic E-state index is 11.9. The Labute approximate surface area is 81.1 Å². The zero-order chi connectivity index (χ0) is 11.4. The molecule has 14 heavy (non-hydrogen) atoms. The van der Waals surface area contributed by atoms with Crippen molar-refractivity contribution in [3.63, 3.8) is 0 Å². The quantitative estimate of drug-likeness (QED) is 0.755. The molecule has 3 nitrogen and oxygen atoms in total. The standard InChI is InChI=1S/C8H15F3N2O/c1-6(4-12)3-7(14)13(2)5-8(9,10)11/h6H,3-5,12H2,1-2H3. The second kappa shape index (κ2) is 5.19. The highest BCUT2D eigenvalue weighted by atomic mass is 19.4. The van der Waals surface area contributed by atoms with Gasteiger partial charge in [0.15, 0.2) is 0 Å². The van der Waals surface area contributed by atoms with Crippen LogP contribution in [0.4, 0.5) is 13.2 Å². The Morgan fingerprint density at radius 3 is 2.36 bits per heavy atom. The summed E-state index contributed by atoms with van der Waals surface area (Å²) in [5.74, 6) is -0.613. The molecule has 1 amide bonds. The van der Waals surface area contributed by atoms with E-state index in [0.29, 0.717) is 11.4 Å². The average molecular weight is 212 g/mol. The molecule has 0 spiro atoms. The third-order valence-electron chi connectivity index (χ3n) is 1.77. The molecule has 0 aliphatic heterocycles. The van der Waals surface area contributed by atoms with Crippen molar-refractivity contribution in [1.29, 1.82) is 0 Å². The molecule has 0 heterocycles. The summed E-state index contributed by atoms with van der Waals surface area (Å²) in [5.41, 5.74) is 5.25. The van der Waals surface area contributed by atoms with Gasteiger partial charge in [0.25, 0.3) is 0 Å². The van der Waals surface area contributed by atoms with Gasteiger partial charge in [-0.2, -0.15) is 13.2 Å². The topological polar surface area (TPSA) is 46.3 Å². The summed E-state index contributed by atoms with van der Waals surface area (Å²) < 4.78 is 35.6. The maximum absolute atomic E-state index is 11.9. The van der Waals surface area contributed by atoms with Gasteiger partial charge in [-0.15, -0.1) is 0 Å². The molecule has 2 N–H and O–H groups in total. The van der Waals surface area contributed by atoms with Gasteiger partial charge in [0.1, 0.15) is 6.54 Å². The monoisotopic (exact) mass is 212 g/mol. The van der Waals surface area contributed by atoms with E-state index < -0.39 is 18.6 Å². The summed E-state index contributed by atoms with van der Waals surface area (Å²) in [6.45, 7) is 0.814. The smallest absolute Gasteiger partial charge is 0.337 e. The van der Waals surface area contributed by atoms with E-state index in [0.717, 1.165) is 7.05 Å². The molecule has 0 radical (unpaired) electrons. The third-order valence-corrected chi connectivity index (χ3v) is 1.77. The van der Waals surface area contributed by atoms with Crippen LogP contribution < -0.4 is 5.73 Å². The molecule has 0 saturated heterocycles. The molecule has 0 fully saturated rings. The summed E-state index contributed by atoms with van der Waals surface area (Å²) in [6.07, 6.45) is -4.28. The van der Waals surface area contributed by atoms with Crippen LogP contribution in [0.15, 0.2) is 0 Å². The number of hydrogen-bond acceptors (Lipinski definition) is 2. The Kier molecular flexibility index (Phi) is 4.90. The zero-order valence-electron chi connectivity index (χ0n) is 8.27. The van der Waals surface area contributed by atoms with E-state index in [9.17, 15) is 18.0 Å². The SMILES string of the molecule is CC(CN)CC(=O)N(C)CC(F)(F)F. The summed E-state index contributed by atoms with van der Waals surface area (Å²) in [6, 6.07) is 0. The molecular weight excluding hydrogens is 197 g/mol. The van der Waals surface area contributed by atoms with Crippen molar-refractivity contribution in [1.82, 2.24) is 4.90 Å². The largest absolute Gasteiger partial charge is 0.406 e. The lowest BCUT2D eigenvalue weighted by atomic mass is 10.1. The van der Waals surface area contributed by atoms with E-state index in [2.05, 4.69) is 0 Å². The fourth-order valence-electron chi connectivity index (χ4n) is 0.894. The molecule has 0 aromatic heterocycles. The van der Waals surface area contributed by atoms with Gasteiger partial charge in [-0.1, -0.05) is 6.92 Å². The lowest BCUT2D eigenvalue weighted by molar-refractivity contribution is -0.158.